The second kappa shape index (κ2) is 6.89. The highest BCUT2D eigenvalue weighted by atomic mass is 35.5. The molecule has 2 aliphatic heterocycles. The Morgan fingerprint density at radius 2 is 1.63 bits per heavy atom. The summed E-state index contributed by atoms with van der Waals surface area (Å²) in [6.45, 7) is 0. The minimum Gasteiger partial charge on any atom is -0.464 e. The molecule has 0 spiro atoms. The molecule has 0 aromatic heterocycles. The summed E-state index contributed by atoms with van der Waals surface area (Å²) >= 11 is 6.33. The Labute approximate surface area is 180 Å². The van der Waals surface area contributed by atoms with Crippen LogP contribution in [-0.4, -0.2) is 10.7 Å². The lowest BCUT2D eigenvalue weighted by molar-refractivity contribution is -0.0190. The van der Waals surface area contributed by atoms with Crippen LogP contribution in [0.4, 0.5) is 0 Å². The summed E-state index contributed by atoms with van der Waals surface area (Å²) in [6.07, 6.45) is 0.557. The van der Waals surface area contributed by atoms with Gasteiger partial charge < -0.3 is 4.74 Å². The molecule has 2 aliphatic rings. The number of halogens is 1. The van der Waals surface area contributed by atoms with E-state index in [-0.39, 0.29) is 12.3 Å². The summed E-state index contributed by atoms with van der Waals surface area (Å²) < 4.78 is 6.40. The lowest BCUT2D eigenvalue weighted by atomic mass is 9.95. The van der Waals surface area contributed by atoms with Crippen molar-refractivity contribution in [2.75, 3.05) is 0 Å². The van der Waals surface area contributed by atoms with Crippen LogP contribution in [0.25, 0.3) is 10.8 Å². The molecule has 0 amide bonds. The Bertz CT molecular complexity index is 1280. The average molecular weight is 411 g/mol. The Hall–Kier alpha value is -3.30. The zero-order chi connectivity index (χ0) is 20.1. The van der Waals surface area contributed by atoms with Gasteiger partial charge in [0, 0.05) is 22.6 Å². The van der Waals surface area contributed by atoms with E-state index < -0.39 is 0 Å². The number of fused-ring (bicyclic) bond motifs is 4. The average Bonchev–Trinajstić information content (AvgIpc) is 3.25. The highest BCUT2D eigenvalue weighted by molar-refractivity contribution is 6.30. The largest absolute Gasteiger partial charge is 0.464 e. The van der Waals surface area contributed by atoms with E-state index in [0.29, 0.717) is 0 Å². The van der Waals surface area contributed by atoms with Crippen molar-refractivity contribution in [2.24, 2.45) is 5.10 Å². The van der Waals surface area contributed by atoms with Gasteiger partial charge in [0.1, 0.15) is 5.75 Å². The summed E-state index contributed by atoms with van der Waals surface area (Å²) in [5.74, 6) is 0.879. The fourth-order valence-electron chi connectivity index (χ4n) is 4.44. The number of hydrogen-bond acceptors (Lipinski definition) is 3. The Kier molecular flexibility index (Phi) is 4.03. The number of ether oxygens (including phenoxy) is 1. The van der Waals surface area contributed by atoms with Gasteiger partial charge in [0.25, 0.3) is 0 Å². The van der Waals surface area contributed by atoms with Crippen LogP contribution >= 0.6 is 11.6 Å². The van der Waals surface area contributed by atoms with Crippen molar-refractivity contribution in [1.82, 2.24) is 5.01 Å². The van der Waals surface area contributed by atoms with Gasteiger partial charge in [-0.3, -0.25) is 0 Å². The first-order valence-electron chi connectivity index (χ1n) is 10.1. The number of hydrazone groups is 1. The minimum atomic E-state index is -0.261. The van der Waals surface area contributed by atoms with Gasteiger partial charge >= 0.3 is 0 Å². The van der Waals surface area contributed by atoms with E-state index in [9.17, 15) is 0 Å². The second-order valence-corrected chi connectivity index (χ2v) is 8.21. The Morgan fingerprint density at radius 3 is 2.50 bits per heavy atom. The van der Waals surface area contributed by atoms with Crippen LogP contribution in [0.3, 0.4) is 0 Å². The molecule has 0 fully saturated rings. The molecule has 0 aliphatic carbocycles. The van der Waals surface area contributed by atoms with Gasteiger partial charge in [-0.1, -0.05) is 78.3 Å². The maximum atomic E-state index is 6.40. The summed E-state index contributed by atoms with van der Waals surface area (Å²) in [6, 6.07) is 31.2. The van der Waals surface area contributed by atoms with Crippen molar-refractivity contribution in [2.45, 2.75) is 18.7 Å². The highest BCUT2D eigenvalue weighted by Crippen LogP contribution is 2.48. The predicted molar refractivity (Wildman–Crippen MR) is 121 cm³/mol. The van der Waals surface area contributed by atoms with E-state index in [0.717, 1.165) is 39.6 Å². The smallest absolute Gasteiger partial charge is 0.213 e. The second-order valence-electron chi connectivity index (χ2n) is 7.77. The number of hydrogen-bond donors (Lipinski definition) is 0. The molecule has 2 heterocycles. The summed E-state index contributed by atoms with van der Waals surface area (Å²) in [4.78, 5) is 0. The van der Waals surface area contributed by atoms with Gasteiger partial charge in [0.05, 0.1) is 11.8 Å². The van der Waals surface area contributed by atoms with Gasteiger partial charge in [-0.2, -0.15) is 5.10 Å². The normalized spacial score (nSPS) is 19.8. The van der Waals surface area contributed by atoms with Crippen molar-refractivity contribution < 1.29 is 4.74 Å². The third-order valence-corrected chi connectivity index (χ3v) is 6.15. The number of rotatable bonds is 2. The van der Waals surface area contributed by atoms with Crippen molar-refractivity contribution in [3.63, 3.8) is 0 Å². The molecule has 3 nitrogen and oxygen atoms in total. The van der Waals surface area contributed by atoms with Crippen molar-refractivity contribution in [1.29, 1.82) is 0 Å². The molecule has 4 aromatic carbocycles. The minimum absolute atomic E-state index is 0.0964. The zero-order valence-corrected chi connectivity index (χ0v) is 17.0. The standard InChI is InChI=1S/C26H19ClN2O/c27-21-12-13-25-22(15-21)24-16-23(20-11-10-17-6-4-5-9-19(17)14-20)28-29(24)26(30-25)18-7-2-1-3-8-18/h1-15,24,26H,16H2/t24-,26+/m0/s1. The first-order chi connectivity index (χ1) is 14.8. The van der Waals surface area contributed by atoms with Crippen LogP contribution in [0.1, 0.15) is 35.4 Å². The van der Waals surface area contributed by atoms with E-state index in [4.69, 9.17) is 21.4 Å². The molecule has 0 N–H and O–H groups in total. The fourth-order valence-corrected chi connectivity index (χ4v) is 4.62. The van der Waals surface area contributed by atoms with Gasteiger partial charge in [-0.15, -0.1) is 0 Å². The van der Waals surface area contributed by atoms with Crippen LogP contribution in [0, 0.1) is 0 Å². The summed E-state index contributed by atoms with van der Waals surface area (Å²) in [7, 11) is 0. The van der Waals surface area contributed by atoms with E-state index in [2.05, 4.69) is 59.6 Å². The van der Waals surface area contributed by atoms with Gasteiger partial charge in [0.15, 0.2) is 0 Å². The molecule has 4 heteroatoms. The van der Waals surface area contributed by atoms with Crippen molar-refractivity contribution >= 4 is 28.1 Å². The quantitative estimate of drug-likeness (QED) is 0.365. The third-order valence-electron chi connectivity index (χ3n) is 5.92. The summed E-state index contributed by atoms with van der Waals surface area (Å²) in [5.41, 5.74) is 4.41. The molecule has 4 aromatic rings. The maximum Gasteiger partial charge on any atom is 0.213 e. The van der Waals surface area contributed by atoms with Crippen LogP contribution in [0.15, 0.2) is 96.1 Å². The Balaban J connectivity index is 1.46. The molecule has 30 heavy (non-hydrogen) atoms. The Morgan fingerprint density at radius 1 is 0.833 bits per heavy atom. The molecule has 0 radical (unpaired) electrons. The molecule has 0 bridgehead atoms. The SMILES string of the molecule is Clc1ccc2c(c1)[C@@H]1CC(c3ccc4ccccc4c3)=NN1[C@@H](c1ccccc1)O2. The van der Waals surface area contributed by atoms with Gasteiger partial charge in [-0.25, -0.2) is 5.01 Å². The van der Waals surface area contributed by atoms with E-state index in [1.165, 1.54) is 10.8 Å². The molecular formula is C26H19ClN2O. The van der Waals surface area contributed by atoms with Crippen molar-refractivity contribution in [3.8, 4) is 5.75 Å². The third kappa shape index (κ3) is 2.86. The molecule has 6 rings (SSSR count). The molecule has 0 unspecified atom stereocenters. The van der Waals surface area contributed by atoms with Crippen LogP contribution in [0.2, 0.25) is 5.02 Å². The molecule has 0 saturated heterocycles. The molecule has 0 saturated carbocycles. The van der Waals surface area contributed by atoms with E-state index >= 15 is 0 Å². The van der Waals surface area contributed by atoms with Crippen molar-refractivity contribution in [3.05, 3.63) is 113 Å². The zero-order valence-electron chi connectivity index (χ0n) is 16.2. The lowest BCUT2D eigenvalue weighted by Gasteiger charge is -2.38. The number of benzene rings is 4. The fraction of sp³-hybridized carbons (Fsp3) is 0.115. The first kappa shape index (κ1) is 17.5. The maximum absolute atomic E-state index is 6.40. The number of nitrogens with zero attached hydrogens (tertiary/aromatic N) is 2. The van der Waals surface area contributed by atoms with Gasteiger partial charge in [0.2, 0.25) is 6.23 Å². The van der Waals surface area contributed by atoms with Gasteiger partial charge in [-0.05, 0) is 40.6 Å². The lowest BCUT2D eigenvalue weighted by Crippen LogP contribution is -2.33. The van der Waals surface area contributed by atoms with Crippen LogP contribution < -0.4 is 4.74 Å². The van der Waals surface area contributed by atoms with Crippen LogP contribution in [0.5, 0.6) is 5.75 Å². The van der Waals surface area contributed by atoms with Crippen LogP contribution in [-0.2, 0) is 0 Å². The highest BCUT2D eigenvalue weighted by Gasteiger charge is 2.41. The molecule has 2 atom stereocenters. The van der Waals surface area contributed by atoms with E-state index in [1.54, 1.807) is 0 Å². The summed E-state index contributed by atoms with van der Waals surface area (Å²) in [5, 5.41) is 10.3. The molecule has 146 valence electrons. The molecular weight excluding hydrogens is 392 g/mol. The monoisotopic (exact) mass is 410 g/mol. The first-order valence-corrected chi connectivity index (χ1v) is 10.5. The predicted octanol–water partition coefficient (Wildman–Crippen LogP) is 6.74. The topological polar surface area (TPSA) is 24.8 Å². The van der Waals surface area contributed by atoms with E-state index in [1.807, 2.05) is 36.4 Å².